The van der Waals surface area contributed by atoms with Gasteiger partial charge in [0.15, 0.2) is 0 Å². The number of fused-ring (bicyclic) bond motifs is 1. The number of hydrogen-bond donors (Lipinski definition) is 2. The van der Waals surface area contributed by atoms with E-state index in [0.717, 1.165) is 19.3 Å². The maximum Gasteiger partial charge on any atom is 0.412 e. The molecule has 3 aromatic carbocycles. The minimum absolute atomic E-state index is 0. The van der Waals surface area contributed by atoms with Crippen molar-refractivity contribution in [2.24, 2.45) is 0 Å². The largest absolute Gasteiger partial charge is 0.412 e. The van der Waals surface area contributed by atoms with Gasteiger partial charge >= 0.3 is 6.09 Å². The molecule has 1 unspecified atom stereocenters. The third kappa shape index (κ3) is 5.32. The highest BCUT2D eigenvalue weighted by molar-refractivity contribution is 5.86. The van der Waals surface area contributed by atoms with Crippen LogP contribution in [0, 0.1) is 0 Å². The van der Waals surface area contributed by atoms with Crippen LogP contribution in [0.5, 0.6) is 5.75 Å². The van der Waals surface area contributed by atoms with Crippen molar-refractivity contribution in [2.75, 3.05) is 0 Å². The van der Waals surface area contributed by atoms with Crippen molar-refractivity contribution in [1.82, 2.24) is 10.6 Å². The van der Waals surface area contributed by atoms with Gasteiger partial charge in [0.1, 0.15) is 5.75 Å². The van der Waals surface area contributed by atoms with Crippen molar-refractivity contribution in [3.63, 3.8) is 0 Å². The van der Waals surface area contributed by atoms with E-state index in [1.807, 2.05) is 18.2 Å². The molecule has 0 radical (unpaired) electrons. The summed E-state index contributed by atoms with van der Waals surface area (Å²) in [6, 6.07) is 24.6. The van der Waals surface area contributed by atoms with Crippen molar-refractivity contribution in [3.8, 4) is 5.75 Å². The fraction of sp³-hybridized carbons (Fsp3) is 0.320. The highest BCUT2D eigenvalue weighted by atomic mass is 35.5. The van der Waals surface area contributed by atoms with E-state index >= 15 is 0 Å². The SMILES string of the molecule is CC(N[C@@H]1CCCC[C@H]1NC(=O)Oc1ccccc1)c1cccc2ccccc12.Cl. The first-order valence-electron chi connectivity index (χ1n) is 10.5. The van der Waals surface area contributed by atoms with Crippen molar-refractivity contribution in [2.45, 2.75) is 50.7 Å². The molecule has 0 aliphatic heterocycles. The molecule has 4 nitrogen and oxygen atoms in total. The third-order valence-electron chi connectivity index (χ3n) is 5.78. The molecule has 2 N–H and O–H groups in total. The van der Waals surface area contributed by atoms with Crippen molar-refractivity contribution in [3.05, 3.63) is 78.4 Å². The standard InChI is InChI=1S/C25H28N2O2.ClH/c1-18(21-15-9-11-19-10-5-6-14-22(19)21)26-23-16-7-8-17-24(23)27-25(28)29-20-12-3-2-4-13-20;/h2-6,9-15,18,23-24,26H,7-8,16-17H2,1H3,(H,27,28);1H/t18?,23-,24-;/m1./s1. The molecule has 3 aromatic rings. The van der Waals surface area contributed by atoms with Crippen LogP contribution >= 0.6 is 12.4 Å². The van der Waals surface area contributed by atoms with Gasteiger partial charge in [-0.1, -0.05) is 73.5 Å². The Morgan fingerprint density at radius 2 is 1.57 bits per heavy atom. The fourth-order valence-corrected chi connectivity index (χ4v) is 4.32. The zero-order chi connectivity index (χ0) is 20.1. The van der Waals surface area contributed by atoms with E-state index in [1.165, 1.54) is 22.8 Å². The minimum atomic E-state index is -0.382. The zero-order valence-corrected chi connectivity index (χ0v) is 18.0. The van der Waals surface area contributed by atoms with Crippen LogP contribution in [0.2, 0.25) is 0 Å². The predicted octanol–water partition coefficient (Wildman–Crippen LogP) is 6.01. The number of nitrogens with one attached hydrogen (secondary N) is 2. The molecule has 1 amide bonds. The van der Waals surface area contributed by atoms with Gasteiger partial charge in [-0.15, -0.1) is 12.4 Å². The molecule has 3 atom stereocenters. The quantitative estimate of drug-likeness (QED) is 0.527. The van der Waals surface area contributed by atoms with E-state index in [1.54, 1.807) is 12.1 Å². The topological polar surface area (TPSA) is 50.4 Å². The van der Waals surface area contributed by atoms with E-state index in [-0.39, 0.29) is 36.6 Å². The van der Waals surface area contributed by atoms with Gasteiger partial charge in [0.25, 0.3) is 0 Å². The number of carbonyl (C=O) groups excluding carboxylic acids is 1. The van der Waals surface area contributed by atoms with Gasteiger partial charge in [0.2, 0.25) is 0 Å². The van der Waals surface area contributed by atoms with Gasteiger partial charge in [0.05, 0.1) is 0 Å². The molecule has 158 valence electrons. The Morgan fingerprint density at radius 1 is 0.900 bits per heavy atom. The highest BCUT2D eigenvalue weighted by Gasteiger charge is 2.28. The lowest BCUT2D eigenvalue weighted by atomic mass is 9.89. The summed E-state index contributed by atoms with van der Waals surface area (Å²) in [6.45, 7) is 2.20. The van der Waals surface area contributed by atoms with Crippen LogP contribution in [-0.2, 0) is 0 Å². The van der Waals surface area contributed by atoms with E-state index in [9.17, 15) is 4.79 Å². The molecule has 0 spiro atoms. The molecular formula is C25H29ClN2O2. The summed E-state index contributed by atoms with van der Waals surface area (Å²) in [6.07, 6.45) is 3.92. The number of carbonyl (C=O) groups is 1. The van der Waals surface area contributed by atoms with Gasteiger partial charge in [0, 0.05) is 18.1 Å². The molecular weight excluding hydrogens is 396 g/mol. The molecule has 0 aromatic heterocycles. The van der Waals surface area contributed by atoms with Crippen molar-refractivity contribution in [1.29, 1.82) is 0 Å². The summed E-state index contributed by atoms with van der Waals surface area (Å²) in [5.74, 6) is 0.564. The van der Waals surface area contributed by atoms with E-state index < -0.39 is 0 Å². The Bertz CT molecular complexity index is 958. The summed E-state index contributed by atoms with van der Waals surface area (Å²) in [5, 5.41) is 9.39. The molecule has 1 aliphatic rings. The number of ether oxygens (including phenoxy) is 1. The number of para-hydroxylation sites is 1. The number of hydrogen-bond acceptors (Lipinski definition) is 3. The molecule has 0 bridgehead atoms. The number of halogens is 1. The molecule has 1 fully saturated rings. The van der Waals surface area contributed by atoms with Gasteiger partial charge in [-0.05, 0) is 48.2 Å². The lowest BCUT2D eigenvalue weighted by Gasteiger charge is -2.35. The lowest BCUT2D eigenvalue weighted by molar-refractivity contribution is 0.183. The fourth-order valence-electron chi connectivity index (χ4n) is 4.32. The van der Waals surface area contributed by atoms with Crippen LogP contribution in [0.4, 0.5) is 4.79 Å². The van der Waals surface area contributed by atoms with Crippen LogP contribution in [0.25, 0.3) is 10.8 Å². The second kappa shape index (κ2) is 10.5. The van der Waals surface area contributed by atoms with Crippen LogP contribution in [-0.4, -0.2) is 18.2 Å². The normalized spacial score (nSPS) is 19.5. The smallest absolute Gasteiger partial charge is 0.410 e. The maximum atomic E-state index is 12.4. The number of rotatable bonds is 5. The monoisotopic (exact) mass is 424 g/mol. The third-order valence-corrected chi connectivity index (χ3v) is 5.78. The molecule has 5 heteroatoms. The summed E-state index contributed by atoms with van der Waals surface area (Å²) >= 11 is 0. The first-order valence-corrected chi connectivity index (χ1v) is 10.5. The van der Waals surface area contributed by atoms with Crippen LogP contribution in [0.1, 0.15) is 44.2 Å². The van der Waals surface area contributed by atoms with Gasteiger partial charge in [-0.2, -0.15) is 0 Å². The summed E-state index contributed by atoms with van der Waals surface area (Å²) in [7, 11) is 0. The summed E-state index contributed by atoms with van der Waals surface area (Å²) in [4.78, 5) is 12.4. The molecule has 1 saturated carbocycles. The average molecular weight is 425 g/mol. The number of benzene rings is 3. The summed E-state index contributed by atoms with van der Waals surface area (Å²) in [5.41, 5.74) is 1.29. The minimum Gasteiger partial charge on any atom is -0.410 e. The van der Waals surface area contributed by atoms with E-state index in [4.69, 9.17) is 4.74 Å². The first kappa shape index (κ1) is 22.1. The molecule has 4 rings (SSSR count). The van der Waals surface area contributed by atoms with Gasteiger partial charge in [-0.3, -0.25) is 0 Å². The maximum absolute atomic E-state index is 12.4. The second-order valence-corrected chi connectivity index (χ2v) is 7.80. The highest BCUT2D eigenvalue weighted by Crippen LogP contribution is 2.27. The summed E-state index contributed by atoms with van der Waals surface area (Å²) < 4.78 is 5.43. The van der Waals surface area contributed by atoms with E-state index in [2.05, 4.69) is 60.0 Å². The van der Waals surface area contributed by atoms with Gasteiger partial charge in [-0.25, -0.2) is 4.79 Å². The average Bonchev–Trinajstić information content (AvgIpc) is 2.75. The Kier molecular flexibility index (Phi) is 7.72. The Balaban J connectivity index is 0.00000256. The van der Waals surface area contributed by atoms with Crippen molar-refractivity contribution >= 4 is 29.3 Å². The van der Waals surface area contributed by atoms with Crippen LogP contribution in [0.3, 0.4) is 0 Å². The van der Waals surface area contributed by atoms with Gasteiger partial charge < -0.3 is 15.4 Å². The Morgan fingerprint density at radius 3 is 2.37 bits per heavy atom. The first-order chi connectivity index (χ1) is 14.2. The van der Waals surface area contributed by atoms with Crippen molar-refractivity contribution < 1.29 is 9.53 Å². The van der Waals surface area contributed by atoms with Crippen LogP contribution in [0.15, 0.2) is 72.8 Å². The Labute approximate surface area is 184 Å². The zero-order valence-electron chi connectivity index (χ0n) is 17.2. The molecule has 0 heterocycles. The Hall–Kier alpha value is -2.56. The van der Waals surface area contributed by atoms with E-state index in [0.29, 0.717) is 5.75 Å². The number of amides is 1. The predicted molar refractivity (Wildman–Crippen MR) is 124 cm³/mol. The molecule has 1 aliphatic carbocycles. The van der Waals surface area contributed by atoms with Crippen LogP contribution < -0.4 is 15.4 Å². The molecule has 0 saturated heterocycles. The second-order valence-electron chi connectivity index (χ2n) is 7.80. The molecule has 30 heavy (non-hydrogen) atoms. The lowest BCUT2D eigenvalue weighted by Crippen LogP contribution is -2.52.